The number of fused-ring (bicyclic) bond motifs is 1. The van der Waals surface area contributed by atoms with Crippen molar-refractivity contribution in [3.05, 3.63) is 77.9 Å². The number of oxazole rings is 1. The van der Waals surface area contributed by atoms with Crippen molar-refractivity contribution in [3.8, 4) is 17.2 Å². The number of carbonyl (C=O) groups excluding carboxylic acids is 1. The fraction of sp³-hybridized carbons (Fsp3) is 0.259. The van der Waals surface area contributed by atoms with E-state index in [1.54, 1.807) is 12.1 Å². The van der Waals surface area contributed by atoms with Crippen LogP contribution in [0.3, 0.4) is 0 Å². The molecule has 0 radical (unpaired) electrons. The normalized spacial score (nSPS) is 11.1. The molecule has 0 fully saturated rings. The Morgan fingerprint density at radius 3 is 2.47 bits per heavy atom. The van der Waals surface area contributed by atoms with Gasteiger partial charge in [0, 0.05) is 16.8 Å². The highest BCUT2D eigenvalue weighted by Gasteiger charge is 2.12. The molecule has 4 aromatic rings. The average Bonchev–Trinajstić information content (AvgIpc) is 3.23. The number of amides is 1. The maximum absolute atomic E-state index is 12.6. The molecule has 0 saturated heterocycles. The number of unbranched alkanes of at least 4 members (excludes halogenated alkanes) is 1. The molecule has 0 spiro atoms. The number of benzene rings is 3. The van der Waals surface area contributed by atoms with E-state index in [0.717, 1.165) is 24.2 Å². The van der Waals surface area contributed by atoms with E-state index in [0.29, 0.717) is 40.8 Å². The summed E-state index contributed by atoms with van der Waals surface area (Å²) in [6.07, 6.45) is 2.10. The molecule has 0 aliphatic heterocycles. The van der Waals surface area contributed by atoms with Crippen molar-refractivity contribution in [3.63, 3.8) is 0 Å². The third-order valence-electron chi connectivity index (χ3n) is 5.35. The Bertz CT molecular complexity index is 1190. The van der Waals surface area contributed by atoms with Gasteiger partial charge in [-0.25, -0.2) is 4.98 Å². The summed E-state index contributed by atoms with van der Waals surface area (Å²) in [5.74, 6) is 1.63. The molecule has 0 aliphatic carbocycles. The van der Waals surface area contributed by atoms with Gasteiger partial charge in [-0.2, -0.15) is 0 Å². The van der Waals surface area contributed by atoms with Crippen molar-refractivity contribution in [1.82, 2.24) is 4.98 Å². The lowest BCUT2D eigenvalue weighted by Gasteiger charge is -2.07. The first kappa shape index (κ1) is 21.6. The summed E-state index contributed by atoms with van der Waals surface area (Å²) in [6, 6.07) is 20.9. The van der Waals surface area contributed by atoms with Gasteiger partial charge in [-0.1, -0.05) is 39.3 Å². The number of aromatic nitrogens is 1. The van der Waals surface area contributed by atoms with Crippen LogP contribution in [0.5, 0.6) is 5.75 Å². The predicted octanol–water partition coefficient (Wildman–Crippen LogP) is 7.05. The molecule has 4 rings (SSSR count). The number of ether oxygens (including phenoxy) is 1. The Morgan fingerprint density at radius 1 is 1.03 bits per heavy atom. The van der Waals surface area contributed by atoms with Gasteiger partial charge in [-0.15, -0.1) is 0 Å². The summed E-state index contributed by atoms with van der Waals surface area (Å²) in [5, 5.41) is 2.93. The minimum absolute atomic E-state index is 0.183. The summed E-state index contributed by atoms with van der Waals surface area (Å²) in [7, 11) is 0. The van der Waals surface area contributed by atoms with Crippen molar-refractivity contribution in [2.45, 2.75) is 39.5 Å². The molecule has 32 heavy (non-hydrogen) atoms. The summed E-state index contributed by atoms with van der Waals surface area (Å²) in [6.45, 7) is 7.14. The quantitative estimate of drug-likeness (QED) is 0.305. The second-order valence-corrected chi connectivity index (χ2v) is 8.16. The van der Waals surface area contributed by atoms with Gasteiger partial charge in [0.25, 0.3) is 5.91 Å². The van der Waals surface area contributed by atoms with Crippen LogP contribution < -0.4 is 10.1 Å². The number of nitrogens with zero attached hydrogens (tertiary/aromatic N) is 1. The molecule has 1 amide bonds. The molecule has 1 N–H and O–H groups in total. The molecule has 1 heterocycles. The van der Waals surface area contributed by atoms with Crippen LogP contribution in [-0.2, 0) is 0 Å². The third kappa shape index (κ3) is 4.99. The molecular formula is C27H28N2O3. The van der Waals surface area contributed by atoms with E-state index in [1.807, 2.05) is 42.5 Å². The summed E-state index contributed by atoms with van der Waals surface area (Å²) >= 11 is 0. The molecular weight excluding hydrogens is 400 g/mol. The number of carbonyl (C=O) groups is 1. The predicted molar refractivity (Wildman–Crippen MR) is 128 cm³/mol. The lowest BCUT2D eigenvalue weighted by atomic mass is 10.0. The highest BCUT2D eigenvalue weighted by Crippen LogP contribution is 2.27. The van der Waals surface area contributed by atoms with E-state index < -0.39 is 0 Å². The topological polar surface area (TPSA) is 64.4 Å². The van der Waals surface area contributed by atoms with Crippen LogP contribution in [-0.4, -0.2) is 17.5 Å². The lowest BCUT2D eigenvalue weighted by molar-refractivity contribution is 0.102. The van der Waals surface area contributed by atoms with Gasteiger partial charge in [0.1, 0.15) is 11.3 Å². The Labute approximate surface area is 188 Å². The van der Waals surface area contributed by atoms with Gasteiger partial charge in [-0.3, -0.25) is 4.79 Å². The molecule has 0 bridgehead atoms. The minimum atomic E-state index is -0.183. The van der Waals surface area contributed by atoms with E-state index in [2.05, 4.69) is 43.2 Å². The van der Waals surface area contributed by atoms with Crippen LogP contribution in [0.4, 0.5) is 5.69 Å². The number of rotatable bonds is 8. The summed E-state index contributed by atoms with van der Waals surface area (Å²) in [5.41, 5.74) is 4.82. The van der Waals surface area contributed by atoms with E-state index in [9.17, 15) is 4.79 Å². The van der Waals surface area contributed by atoms with Gasteiger partial charge in [0.05, 0.1) is 6.61 Å². The molecule has 1 aromatic heterocycles. The van der Waals surface area contributed by atoms with Crippen molar-refractivity contribution in [1.29, 1.82) is 0 Å². The van der Waals surface area contributed by atoms with Gasteiger partial charge < -0.3 is 14.5 Å². The Balaban J connectivity index is 1.46. The first-order chi connectivity index (χ1) is 15.5. The van der Waals surface area contributed by atoms with E-state index in [4.69, 9.17) is 9.15 Å². The Morgan fingerprint density at radius 2 is 1.78 bits per heavy atom. The van der Waals surface area contributed by atoms with Crippen molar-refractivity contribution in [2.24, 2.45) is 0 Å². The number of anilines is 1. The van der Waals surface area contributed by atoms with Crippen LogP contribution in [0.25, 0.3) is 22.6 Å². The zero-order chi connectivity index (χ0) is 22.5. The van der Waals surface area contributed by atoms with Gasteiger partial charge in [0.2, 0.25) is 5.89 Å². The van der Waals surface area contributed by atoms with Crippen molar-refractivity contribution < 1.29 is 13.9 Å². The monoisotopic (exact) mass is 428 g/mol. The largest absolute Gasteiger partial charge is 0.494 e. The van der Waals surface area contributed by atoms with Gasteiger partial charge in [0.15, 0.2) is 5.58 Å². The van der Waals surface area contributed by atoms with Gasteiger partial charge >= 0.3 is 0 Å². The highest BCUT2D eigenvalue weighted by molar-refractivity contribution is 6.05. The lowest BCUT2D eigenvalue weighted by Crippen LogP contribution is -2.11. The van der Waals surface area contributed by atoms with Crippen LogP contribution in [0, 0.1) is 0 Å². The molecule has 0 unspecified atom stereocenters. The Hall–Kier alpha value is -3.60. The van der Waals surface area contributed by atoms with Gasteiger partial charge in [-0.05, 0) is 72.5 Å². The van der Waals surface area contributed by atoms with Crippen LogP contribution in [0.2, 0.25) is 0 Å². The van der Waals surface area contributed by atoms with Crippen molar-refractivity contribution >= 4 is 22.7 Å². The molecule has 0 aliphatic rings. The van der Waals surface area contributed by atoms with E-state index in [-0.39, 0.29) is 5.91 Å². The smallest absolute Gasteiger partial charge is 0.255 e. The fourth-order valence-electron chi connectivity index (χ4n) is 3.38. The molecule has 5 heteroatoms. The second-order valence-electron chi connectivity index (χ2n) is 8.16. The fourth-order valence-corrected chi connectivity index (χ4v) is 3.38. The second kappa shape index (κ2) is 9.69. The maximum Gasteiger partial charge on any atom is 0.255 e. The first-order valence-corrected chi connectivity index (χ1v) is 11.1. The summed E-state index contributed by atoms with van der Waals surface area (Å²) < 4.78 is 11.6. The number of hydrogen-bond donors (Lipinski definition) is 1. The molecule has 3 aromatic carbocycles. The first-order valence-electron chi connectivity index (χ1n) is 11.1. The summed E-state index contributed by atoms with van der Waals surface area (Å²) in [4.78, 5) is 17.3. The zero-order valence-corrected chi connectivity index (χ0v) is 18.7. The molecule has 5 nitrogen and oxygen atoms in total. The number of hydrogen-bond acceptors (Lipinski definition) is 4. The SMILES string of the molecule is CCCCOc1ccc(C(=O)Nc2ccc3oc(-c4ccc(C(C)C)cc4)nc3c2)cc1. The molecule has 0 atom stereocenters. The zero-order valence-electron chi connectivity index (χ0n) is 18.7. The van der Waals surface area contributed by atoms with Crippen LogP contribution in [0.15, 0.2) is 71.1 Å². The standard InChI is InChI=1S/C27H28N2O3/c1-4-5-16-31-23-13-10-20(11-14-23)26(30)28-22-12-15-25-24(17-22)29-27(32-25)21-8-6-19(7-9-21)18(2)3/h6-15,17-18H,4-5,16H2,1-3H3,(H,28,30). The average molecular weight is 429 g/mol. The molecule has 164 valence electrons. The Kier molecular flexibility index (Phi) is 6.55. The highest BCUT2D eigenvalue weighted by atomic mass is 16.5. The van der Waals surface area contributed by atoms with E-state index in [1.165, 1.54) is 5.56 Å². The van der Waals surface area contributed by atoms with Crippen LogP contribution >= 0.6 is 0 Å². The van der Waals surface area contributed by atoms with Crippen molar-refractivity contribution in [2.75, 3.05) is 11.9 Å². The number of nitrogens with one attached hydrogen (secondary N) is 1. The van der Waals surface area contributed by atoms with E-state index >= 15 is 0 Å². The maximum atomic E-state index is 12.6. The molecule has 0 saturated carbocycles. The minimum Gasteiger partial charge on any atom is -0.494 e. The van der Waals surface area contributed by atoms with Crippen LogP contribution in [0.1, 0.15) is 55.5 Å². The third-order valence-corrected chi connectivity index (χ3v) is 5.35.